The smallest absolute Gasteiger partial charge is 0.339 e. The van der Waals surface area contributed by atoms with Crippen molar-refractivity contribution in [3.8, 4) is 0 Å². The Hall–Kier alpha value is -2.22. The number of pyridine rings is 1. The lowest BCUT2D eigenvalue weighted by molar-refractivity contribution is -0.209. The molecule has 7 nitrogen and oxygen atoms in total. The van der Waals surface area contributed by atoms with Gasteiger partial charge < -0.3 is 19.7 Å². The maximum atomic E-state index is 13.1. The minimum atomic E-state index is -1.76. The lowest BCUT2D eigenvalue weighted by Gasteiger charge is -2.54. The third-order valence-electron chi connectivity index (χ3n) is 10.4. The molecule has 1 saturated heterocycles. The van der Waals surface area contributed by atoms with Gasteiger partial charge in [-0.25, -0.2) is 14.6 Å². The Labute approximate surface area is 235 Å². The molecule has 10 atom stereocenters. The topological polar surface area (TPSA) is 106 Å². The van der Waals surface area contributed by atoms with Crippen molar-refractivity contribution in [2.75, 3.05) is 0 Å². The summed E-state index contributed by atoms with van der Waals surface area (Å²) in [6.45, 7) is 14.9. The SMILES string of the molecule is C=C1C2CC3C(C(C)C)C(OC(=O)c4ccc(Cl)nc4)CC3(C)CC2/C(C)=C\CC2C(C)OC(=O)C(O)C12O. The van der Waals surface area contributed by atoms with Gasteiger partial charge in [0.25, 0.3) is 0 Å². The van der Waals surface area contributed by atoms with Crippen molar-refractivity contribution in [3.63, 3.8) is 0 Å². The van der Waals surface area contributed by atoms with E-state index in [1.807, 2.05) is 0 Å². The third-order valence-corrected chi connectivity index (χ3v) is 10.7. The van der Waals surface area contributed by atoms with Crippen LogP contribution in [0.1, 0.15) is 70.7 Å². The van der Waals surface area contributed by atoms with Crippen molar-refractivity contribution in [3.05, 3.63) is 52.8 Å². The summed E-state index contributed by atoms with van der Waals surface area (Å²) >= 11 is 5.90. The van der Waals surface area contributed by atoms with Crippen LogP contribution in [0.2, 0.25) is 5.15 Å². The number of fused-ring (bicyclic) bond motifs is 3. The van der Waals surface area contributed by atoms with Crippen molar-refractivity contribution < 1.29 is 29.3 Å². The molecule has 2 heterocycles. The third kappa shape index (κ3) is 4.54. The molecule has 5 rings (SSSR count). The van der Waals surface area contributed by atoms with Crippen molar-refractivity contribution in [2.45, 2.75) is 84.2 Å². The van der Waals surface area contributed by atoms with Gasteiger partial charge in [-0.1, -0.05) is 50.6 Å². The second-order valence-electron chi connectivity index (χ2n) is 12.9. The molecule has 1 aliphatic heterocycles. The number of hydrogen-bond acceptors (Lipinski definition) is 7. The van der Waals surface area contributed by atoms with Crippen molar-refractivity contribution in [1.29, 1.82) is 0 Å². The first kappa shape index (κ1) is 28.3. The summed E-state index contributed by atoms with van der Waals surface area (Å²) in [5, 5.41) is 23.3. The highest BCUT2D eigenvalue weighted by atomic mass is 35.5. The van der Waals surface area contributed by atoms with Gasteiger partial charge in [0.2, 0.25) is 0 Å². The number of aliphatic hydroxyl groups excluding tert-OH is 1. The lowest BCUT2D eigenvalue weighted by atomic mass is 9.53. The summed E-state index contributed by atoms with van der Waals surface area (Å²) in [4.78, 5) is 29.7. The Kier molecular flexibility index (Phi) is 7.26. The predicted octanol–water partition coefficient (Wildman–Crippen LogP) is 5.14. The van der Waals surface area contributed by atoms with E-state index in [-0.39, 0.29) is 41.1 Å². The molecular weight excluding hydrogens is 518 g/mol. The molecule has 2 N–H and O–H groups in total. The van der Waals surface area contributed by atoms with Gasteiger partial charge in [-0.15, -0.1) is 0 Å². The fourth-order valence-electron chi connectivity index (χ4n) is 8.43. The van der Waals surface area contributed by atoms with E-state index < -0.39 is 35.7 Å². The average molecular weight is 558 g/mol. The van der Waals surface area contributed by atoms with E-state index in [1.54, 1.807) is 19.1 Å². The number of cyclic esters (lactones) is 1. The molecule has 2 saturated carbocycles. The number of halogens is 1. The fourth-order valence-corrected chi connectivity index (χ4v) is 8.54. The molecule has 3 aliphatic carbocycles. The number of rotatable bonds is 3. The van der Waals surface area contributed by atoms with Gasteiger partial charge in [0, 0.05) is 18.0 Å². The molecular formula is C31H40ClNO6. The standard InChI is InChI=1S/C31H40ClNO6/c1-15(2)26-23-11-20-17(4)31(37)22(18(5)38-29(36)27(31)34)9-7-16(3)21(20)12-30(23,6)13-24(26)39-28(35)19-8-10-25(32)33-14-19/h7-8,10,14-15,18,20-24,26-27,34,37H,4,9,11-13H2,1-3,5-6H3/b16-7-. The molecule has 8 heteroatoms. The van der Waals surface area contributed by atoms with Crippen LogP contribution in [-0.4, -0.2) is 51.0 Å². The normalized spacial score (nSPS) is 43.3. The molecule has 0 radical (unpaired) electrons. The van der Waals surface area contributed by atoms with E-state index >= 15 is 0 Å². The summed E-state index contributed by atoms with van der Waals surface area (Å²) in [6.07, 6.45) is 3.92. The zero-order chi connectivity index (χ0) is 28.4. The summed E-state index contributed by atoms with van der Waals surface area (Å²) < 4.78 is 11.6. The number of carbonyl (C=O) groups excluding carboxylic acids is 2. The summed E-state index contributed by atoms with van der Waals surface area (Å²) in [6, 6.07) is 3.21. The van der Waals surface area contributed by atoms with Gasteiger partial charge in [-0.3, -0.25) is 0 Å². The van der Waals surface area contributed by atoms with Crippen molar-refractivity contribution >= 4 is 23.5 Å². The molecule has 0 spiro atoms. The van der Waals surface area contributed by atoms with Crippen LogP contribution < -0.4 is 0 Å². The minimum absolute atomic E-state index is 0.0900. The van der Waals surface area contributed by atoms with Crippen LogP contribution in [0.4, 0.5) is 0 Å². The van der Waals surface area contributed by atoms with E-state index in [0.29, 0.717) is 22.7 Å². The first-order valence-electron chi connectivity index (χ1n) is 14.1. The molecule has 0 aromatic carbocycles. The molecule has 1 aromatic heterocycles. The largest absolute Gasteiger partial charge is 0.460 e. The van der Waals surface area contributed by atoms with E-state index in [1.165, 1.54) is 11.8 Å². The van der Waals surface area contributed by atoms with Gasteiger partial charge in [0.1, 0.15) is 23.0 Å². The van der Waals surface area contributed by atoms with Gasteiger partial charge in [-0.2, -0.15) is 0 Å². The maximum absolute atomic E-state index is 13.1. The van der Waals surface area contributed by atoms with Crippen LogP contribution in [-0.2, 0) is 14.3 Å². The summed E-state index contributed by atoms with van der Waals surface area (Å²) in [5.74, 6) is -1.15. The zero-order valence-electron chi connectivity index (χ0n) is 23.4. The Bertz CT molecular complexity index is 1200. The number of nitrogens with zero attached hydrogens (tertiary/aromatic N) is 1. The van der Waals surface area contributed by atoms with Gasteiger partial charge in [0.15, 0.2) is 6.10 Å². The molecule has 39 heavy (non-hydrogen) atoms. The Morgan fingerprint density at radius 3 is 2.62 bits per heavy atom. The van der Waals surface area contributed by atoms with Crippen LogP contribution in [0.3, 0.4) is 0 Å². The van der Waals surface area contributed by atoms with Crippen LogP contribution in [0.5, 0.6) is 0 Å². The highest BCUT2D eigenvalue weighted by Gasteiger charge is 2.62. The number of carbonyl (C=O) groups is 2. The average Bonchev–Trinajstić information content (AvgIpc) is 3.16. The number of allylic oxidation sites excluding steroid dienone is 2. The molecule has 1 aromatic rings. The summed E-state index contributed by atoms with van der Waals surface area (Å²) in [7, 11) is 0. The van der Waals surface area contributed by atoms with Crippen LogP contribution in [0.15, 0.2) is 42.1 Å². The van der Waals surface area contributed by atoms with Crippen LogP contribution in [0, 0.1) is 40.9 Å². The first-order chi connectivity index (χ1) is 18.3. The van der Waals surface area contributed by atoms with Crippen molar-refractivity contribution in [1.82, 2.24) is 4.98 Å². The first-order valence-corrected chi connectivity index (χ1v) is 14.4. The van der Waals surface area contributed by atoms with Crippen LogP contribution >= 0.6 is 11.6 Å². The quantitative estimate of drug-likeness (QED) is 0.301. The second-order valence-corrected chi connectivity index (χ2v) is 13.3. The number of aliphatic hydroxyl groups is 2. The highest BCUT2D eigenvalue weighted by Crippen LogP contribution is 2.63. The number of esters is 2. The Morgan fingerprint density at radius 1 is 1.26 bits per heavy atom. The van der Waals surface area contributed by atoms with Gasteiger partial charge in [0.05, 0.1) is 5.56 Å². The molecule has 3 fully saturated rings. The number of aromatic nitrogens is 1. The number of hydrogen-bond donors (Lipinski definition) is 2. The summed E-state index contributed by atoms with van der Waals surface area (Å²) in [5.41, 5.74) is 0.277. The Morgan fingerprint density at radius 2 is 1.97 bits per heavy atom. The lowest BCUT2D eigenvalue weighted by Crippen LogP contribution is -2.63. The number of ether oxygens (including phenoxy) is 2. The second kappa shape index (κ2) is 10.0. The monoisotopic (exact) mass is 557 g/mol. The Balaban J connectivity index is 1.48. The molecule has 4 aliphatic rings. The minimum Gasteiger partial charge on any atom is -0.460 e. The molecule has 0 amide bonds. The zero-order valence-corrected chi connectivity index (χ0v) is 24.1. The van der Waals surface area contributed by atoms with Gasteiger partial charge >= 0.3 is 11.9 Å². The molecule has 212 valence electrons. The highest BCUT2D eigenvalue weighted by molar-refractivity contribution is 6.29. The van der Waals surface area contributed by atoms with Crippen LogP contribution in [0.25, 0.3) is 0 Å². The van der Waals surface area contributed by atoms with E-state index in [9.17, 15) is 19.8 Å². The van der Waals surface area contributed by atoms with E-state index in [4.69, 9.17) is 21.1 Å². The molecule has 10 unspecified atom stereocenters. The fraction of sp³-hybridized carbons (Fsp3) is 0.645. The van der Waals surface area contributed by atoms with E-state index in [0.717, 1.165) is 19.3 Å². The maximum Gasteiger partial charge on any atom is 0.339 e. The van der Waals surface area contributed by atoms with E-state index in [2.05, 4.69) is 45.3 Å². The van der Waals surface area contributed by atoms with Gasteiger partial charge in [-0.05, 0) is 86.3 Å². The predicted molar refractivity (Wildman–Crippen MR) is 147 cm³/mol. The molecule has 0 bridgehead atoms. The van der Waals surface area contributed by atoms with Crippen molar-refractivity contribution in [2.24, 2.45) is 40.9 Å².